The first-order valence-corrected chi connectivity index (χ1v) is 5.24. The first-order valence-electron chi connectivity index (χ1n) is 5.24. The Morgan fingerprint density at radius 2 is 1.83 bits per heavy atom. The number of alkyl halides is 3. The summed E-state index contributed by atoms with van der Waals surface area (Å²) >= 11 is 0. The fourth-order valence-electron chi connectivity index (χ4n) is 1.45. The van der Waals surface area contributed by atoms with E-state index in [9.17, 15) is 13.2 Å². The van der Waals surface area contributed by atoms with Gasteiger partial charge in [0, 0.05) is 24.6 Å². The van der Waals surface area contributed by atoms with E-state index in [1.807, 2.05) is 12.3 Å². The lowest BCUT2D eigenvalue weighted by atomic mass is 10.3. The molecule has 2 N–H and O–H groups in total. The smallest absolute Gasteiger partial charge is 0.406 e. The third-order valence-electron chi connectivity index (χ3n) is 2.25. The lowest BCUT2D eigenvalue weighted by molar-refractivity contribution is -0.274. The van der Waals surface area contributed by atoms with Gasteiger partial charge in [-0.05, 0) is 35.9 Å². The second-order valence-electron chi connectivity index (χ2n) is 3.64. The van der Waals surface area contributed by atoms with Gasteiger partial charge in [-0.25, -0.2) is 0 Å². The Hall–Kier alpha value is -2.11. The molecule has 0 atom stereocenters. The number of ether oxygens (including phenoxy) is 1. The van der Waals surface area contributed by atoms with Crippen LogP contribution in [0.4, 0.5) is 18.9 Å². The van der Waals surface area contributed by atoms with Gasteiger partial charge in [0.25, 0.3) is 0 Å². The summed E-state index contributed by atoms with van der Waals surface area (Å²) in [6, 6.07) is 7.52. The third-order valence-corrected chi connectivity index (χ3v) is 2.25. The zero-order valence-corrected chi connectivity index (χ0v) is 9.29. The van der Waals surface area contributed by atoms with Crippen LogP contribution in [-0.4, -0.2) is 11.3 Å². The monoisotopic (exact) mass is 256 g/mol. The van der Waals surface area contributed by atoms with Gasteiger partial charge in [-0.2, -0.15) is 0 Å². The molecule has 18 heavy (non-hydrogen) atoms. The third kappa shape index (κ3) is 3.73. The Morgan fingerprint density at radius 1 is 1.11 bits per heavy atom. The summed E-state index contributed by atoms with van der Waals surface area (Å²) < 4.78 is 39.6. The van der Waals surface area contributed by atoms with Crippen molar-refractivity contribution in [1.29, 1.82) is 0 Å². The maximum atomic E-state index is 11.9. The lowest BCUT2D eigenvalue weighted by Crippen LogP contribution is -2.17. The van der Waals surface area contributed by atoms with Gasteiger partial charge < -0.3 is 15.0 Å². The summed E-state index contributed by atoms with van der Waals surface area (Å²) in [5, 5.41) is 3.08. The Labute approximate surface area is 102 Å². The molecule has 1 aromatic heterocycles. The summed E-state index contributed by atoms with van der Waals surface area (Å²) in [6.45, 7) is 0.600. The number of nitrogens with one attached hydrogen (secondary N) is 2. The van der Waals surface area contributed by atoms with Crippen LogP contribution < -0.4 is 10.1 Å². The molecule has 1 heterocycles. The molecule has 0 saturated carbocycles. The van der Waals surface area contributed by atoms with Gasteiger partial charge in [-0.15, -0.1) is 13.2 Å². The van der Waals surface area contributed by atoms with Crippen molar-refractivity contribution in [3.05, 3.63) is 48.3 Å². The quantitative estimate of drug-likeness (QED) is 0.878. The summed E-state index contributed by atoms with van der Waals surface area (Å²) in [6.07, 6.45) is -1.01. The van der Waals surface area contributed by atoms with Crippen molar-refractivity contribution in [2.24, 2.45) is 0 Å². The molecule has 3 nitrogen and oxygen atoms in total. The van der Waals surface area contributed by atoms with Crippen molar-refractivity contribution < 1.29 is 17.9 Å². The largest absolute Gasteiger partial charge is 0.573 e. The van der Waals surface area contributed by atoms with Gasteiger partial charge >= 0.3 is 6.36 Å². The van der Waals surface area contributed by atoms with Crippen LogP contribution >= 0.6 is 0 Å². The number of rotatable bonds is 4. The summed E-state index contributed by atoms with van der Waals surface area (Å²) in [7, 11) is 0. The minimum atomic E-state index is -4.65. The van der Waals surface area contributed by atoms with Gasteiger partial charge in [0.1, 0.15) is 5.75 Å². The predicted molar refractivity (Wildman–Crippen MR) is 61.2 cm³/mol. The average Bonchev–Trinajstić information content (AvgIpc) is 2.79. The molecular formula is C12H11F3N2O. The van der Waals surface area contributed by atoms with E-state index in [1.54, 1.807) is 6.20 Å². The zero-order chi connectivity index (χ0) is 13.0. The van der Waals surface area contributed by atoms with Crippen LogP contribution in [0.15, 0.2) is 42.7 Å². The summed E-state index contributed by atoms with van der Waals surface area (Å²) in [4.78, 5) is 2.92. The fraction of sp³-hybridized carbons (Fsp3) is 0.167. The van der Waals surface area contributed by atoms with Gasteiger partial charge in [-0.3, -0.25) is 0 Å². The highest BCUT2D eigenvalue weighted by molar-refractivity contribution is 5.46. The zero-order valence-electron chi connectivity index (χ0n) is 9.29. The average molecular weight is 256 g/mol. The van der Waals surface area contributed by atoms with Gasteiger partial charge in [0.05, 0.1) is 0 Å². The normalized spacial score (nSPS) is 11.3. The molecule has 0 spiro atoms. The van der Waals surface area contributed by atoms with Crippen LogP contribution in [0.1, 0.15) is 5.56 Å². The highest BCUT2D eigenvalue weighted by Gasteiger charge is 2.30. The van der Waals surface area contributed by atoms with Crippen molar-refractivity contribution >= 4 is 5.69 Å². The number of aromatic amines is 1. The molecule has 0 unspecified atom stereocenters. The Morgan fingerprint density at radius 3 is 2.39 bits per heavy atom. The Kier molecular flexibility index (Phi) is 3.45. The number of halogens is 3. The van der Waals surface area contributed by atoms with Crippen LogP contribution in [0, 0.1) is 0 Å². The standard InChI is InChI=1S/C12H11F3N2O/c13-12(14,15)18-11-3-1-10(2-4-11)17-8-9-5-6-16-7-9/h1-7,16-17H,8H2. The van der Waals surface area contributed by atoms with E-state index in [0.29, 0.717) is 6.54 Å². The molecule has 0 aliphatic carbocycles. The summed E-state index contributed by atoms with van der Waals surface area (Å²) in [5.74, 6) is -0.227. The van der Waals surface area contributed by atoms with Crippen molar-refractivity contribution in [1.82, 2.24) is 4.98 Å². The van der Waals surface area contributed by atoms with Crippen LogP contribution in [0.2, 0.25) is 0 Å². The highest BCUT2D eigenvalue weighted by Crippen LogP contribution is 2.24. The number of anilines is 1. The van der Waals surface area contributed by atoms with E-state index in [-0.39, 0.29) is 5.75 Å². The predicted octanol–water partition coefficient (Wildman–Crippen LogP) is 3.53. The van der Waals surface area contributed by atoms with Crippen molar-refractivity contribution in [3.63, 3.8) is 0 Å². The number of benzene rings is 1. The number of aromatic nitrogens is 1. The van der Waals surface area contributed by atoms with E-state index in [2.05, 4.69) is 15.0 Å². The molecule has 0 aliphatic rings. The maximum absolute atomic E-state index is 11.9. The fourth-order valence-corrected chi connectivity index (χ4v) is 1.45. The van der Waals surface area contributed by atoms with E-state index < -0.39 is 6.36 Å². The van der Waals surface area contributed by atoms with Crippen LogP contribution in [0.25, 0.3) is 0 Å². The molecule has 0 fully saturated rings. The second-order valence-corrected chi connectivity index (χ2v) is 3.64. The molecular weight excluding hydrogens is 245 g/mol. The lowest BCUT2D eigenvalue weighted by Gasteiger charge is -2.10. The van der Waals surface area contributed by atoms with Crippen LogP contribution in [0.5, 0.6) is 5.75 Å². The number of hydrogen-bond acceptors (Lipinski definition) is 2. The molecule has 0 aliphatic heterocycles. The SMILES string of the molecule is FC(F)(F)Oc1ccc(NCc2cc[nH]c2)cc1. The molecule has 6 heteroatoms. The van der Waals surface area contributed by atoms with Gasteiger partial charge in [0.15, 0.2) is 0 Å². The molecule has 2 rings (SSSR count). The second kappa shape index (κ2) is 5.03. The van der Waals surface area contributed by atoms with Gasteiger partial charge in [0.2, 0.25) is 0 Å². The molecule has 0 radical (unpaired) electrons. The molecule has 0 amide bonds. The first kappa shape index (κ1) is 12.3. The van der Waals surface area contributed by atoms with Crippen LogP contribution in [0.3, 0.4) is 0 Å². The molecule has 0 saturated heterocycles. The van der Waals surface area contributed by atoms with E-state index >= 15 is 0 Å². The Balaban J connectivity index is 1.91. The maximum Gasteiger partial charge on any atom is 0.573 e. The van der Waals surface area contributed by atoms with Gasteiger partial charge in [-0.1, -0.05) is 0 Å². The topological polar surface area (TPSA) is 37.0 Å². The van der Waals surface area contributed by atoms with Crippen LogP contribution in [-0.2, 0) is 6.54 Å². The molecule has 2 aromatic rings. The van der Waals surface area contributed by atoms with Crippen molar-refractivity contribution in [2.45, 2.75) is 12.9 Å². The van der Waals surface area contributed by atoms with Crippen molar-refractivity contribution in [2.75, 3.05) is 5.32 Å². The van der Waals surface area contributed by atoms with E-state index in [4.69, 9.17) is 0 Å². The molecule has 96 valence electrons. The van der Waals surface area contributed by atoms with E-state index in [1.165, 1.54) is 24.3 Å². The summed E-state index contributed by atoms with van der Waals surface area (Å²) in [5.41, 5.74) is 1.79. The number of H-pyrrole nitrogens is 1. The minimum absolute atomic E-state index is 0.227. The molecule has 1 aromatic carbocycles. The molecule has 0 bridgehead atoms. The minimum Gasteiger partial charge on any atom is -0.406 e. The van der Waals surface area contributed by atoms with Crippen molar-refractivity contribution in [3.8, 4) is 5.75 Å². The number of hydrogen-bond donors (Lipinski definition) is 2. The first-order chi connectivity index (χ1) is 8.53. The van der Waals surface area contributed by atoms with E-state index in [0.717, 1.165) is 11.3 Å². The Bertz CT molecular complexity index is 477. The highest BCUT2D eigenvalue weighted by atomic mass is 19.4.